The van der Waals surface area contributed by atoms with Gasteiger partial charge >= 0.3 is 6.41 Å². The van der Waals surface area contributed by atoms with Crippen LogP contribution in [0.15, 0.2) is 24.3 Å². The van der Waals surface area contributed by atoms with Gasteiger partial charge in [0.15, 0.2) is 0 Å². The van der Waals surface area contributed by atoms with E-state index in [1.807, 2.05) is 43.3 Å². The Balaban J connectivity index is 2.88. The summed E-state index contributed by atoms with van der Waals surface area (Å²) in [5.74, 6) is 0. The summed E-state index contributed by atoms with van der Waals surface area (Å²) in [4.78, 5) is 12.2. The summed E-state index contributed by atoms with van der Waals surface area (Å²) in [5, 5.41) is 3.26. The number of amides is 1. The highest BCUT2D eigenvalue weighted by molar-refractivity contribution is 6.31. The van der Waals surface area contributed by atoms with Crippen LogP contribution in [0, 0.1) is 0 Å². The molecule has 0 heterocycles. The van der Waals surface area contributed by atoms with Gasteiger partial charge < -0.3 is 10.2 Å². The first-order chi connectivity index (χ1) is 7.16. The minimum Gasteiger partial charge on any atom is -0.346 e. The highest BCUT2D eigenvalue weighted by atomic mass is 35.5. The lowest BCUT2D eigenvalue weighted by molar-refractivity contribution is 0.297. The highest BCUT2D eigenvalue weighted by Crippen LogP contribution is 2.25. The highest BCUT2D eigenvalue weighted by Gasteiger charge is 2.15. The van der Waals surface area contributed by atoms with Gasteiger partial charge in [-0.05, 0) is 25.7 Å². The minimum atomic E-state index is 0.0696. The van der Waals surface area contributed by atoms with Gasteiger partial charge in [-0.3, -0.25) is 4.79 Å². The molecule has 81 valence electrons. The molecule has 3 nitrogen and oxygen atoms in total. The summed E-state index contributed by atoms with van der Waals surface area (Å²) in [5.41, 5.74) is 1.01. The van der Waals surface area contributed by atoms with Crippen LogP contribution in [0.1, 0.15) is 11.6 Å². The number of carbonyl (C=O) groups excluding carboxylic acids is 1. The van der Waals surface area contributed by atoms with Gasteiger partial charge in [-0.1, -0.05) is 29.8 Å². The fourth-order valence-electron chi connectivity index (χ4n) is 1.45. The van der Waals surface area contributed by atoms with E-state index in [-0.39, 0.29) is 6.04 Å². The maximum absolute atomic E-state index is 10.2. The predicted octanol–water partition coefficient (Wildman–Crippen LogP) is 1.60. The predicted molar refractivity (Wildman–Crippen MR) is 61.6 cm³/mol. The zero-order valence-corrected chi connectivity index (χ0v) is 9.58. The molecule has 1 radical (unpaired) electrons. The summed E-state index contributed by atoms with van der Waals surface area (Å²) in [6.45, 7) is 0.500. The minimum absolute atomic E-state index is 0.0696. The molecule has 1 rings (SSSR count). The van der Waals surface area contributed by atoms with E-state index in [1.165, 1.54) is 0 Å². The first-order valence-electron chi connectivity index (χ1n) is 4.67. The van der Waals surface area contributed by atoms with E-state index in [4.69, 9.17) is 11.6 Å². The van der Waals surface area contributed by atoms with Crippen LogP contribution in [0.2, 0.25) is 5.02 Å². The molecule has 0 aromatic heterocycles. The Bertz CT molecular complexity index is 328. The van der Waals surface area contributed by atoms with E-state index in [0.29, 0.717) is 11.6 Å². The number of nitrogens with one attached hydrogen (secondary N) is 1. The largest absolute Gasteiger partial charge is 0.346 e. The number of hydrogen-bond donors (Lipinski definition) is 1. The van der Waals surface area contributed by atoms with Gasteiger partial charge in [0.2, 0.25) is 0 Å². The lowest BCUT2D eigenvalue weighted by Gasteiger charge is -2.24. The third-order valence-corrected chi connectivity index (χ3v) is 2.60. The number of nitrogens with zero attached hydrogens (tertiary/aromatic N) is 1. The van der Waals surface area contributed by atoms with Gasteiger partial charge in [0, 0.05) is 11.6 Å². The fraction of sp³-hybridized carbons (Fsp3) is 0.364. The maximum atomic E-state index is 10.2. The third-order valence-electron chi connectivity index (χ3n) is 2.26. The van der Waals surface area contributed by atoms with Crippen LogP contribution in [0.4, 0.5) is 0 Å². The van der Waals surface area contributed by atoms with Crippen LogP contribution in [-0.4, -0.2) is 32.0 Å². The number of likely N-dealkylation sites (N-methyl/N-ethyl adjacent to an activating group) is 1. The molecule has 0 aliphatic rings. The normalized spacial score (nSPS) is 12.5. The topological polar surface area (TPSA) is 32.3 Å². The molecule has 0 saturated heterocycles. The molecular formula is C11H14ClN2O. The average molecular weight is 226 g/mol. The van der Waals surface area contributed by atoms with Crippen LogP contribution in [0.5, 0.6) is 0 Å². The Morgan fingerprint density at radius 1 is 1.47 bits per heavy atom. The molecule has 0 bridgehead atoms. The van der Waals surface area contributed by atoms with E-state index < -0.39 is 0 Å². The lowest BCUT2D eigenvalue weighted by Crippen LogP contribution is -2.30. The molecule has 15 heavy (non-hydrogen) atoms. The zero-order chi connectivity index (χ0) is 11.3. The number of halogens is 1. The van der Waals surface area contributed by atoms with Crippen molar-refractivity contribution in [3.05, 3.63) is 34.9 Å². The van der Waals surface area contributed by atoms with Gasteiger partial charge in [-0.25, -0.2) is 0 Å². The van der Waals surface area contributed by atoms with E-state index in [2.05, 4.69) is 5.32 Å². The zero-order valence-electron chi connectivity index (χ0n) is 8.83. The summed E-state index contributed by atoms with van der Waals surface area (Å²) >= 11 is 6.09. The molecule has 1 aromatic carbocycles. The Labute approximate surface area is 95.0 Å². The van der Waals surface area contributed by atoms with Crippen molar-refractivity contribution in [2.24, 2.45) is 0 Å². The third kappa shape index (κ3) is 3.22. The van der Waals surface area contributed by atoms with Gasteiger partial charge in [0.25, 0.3) is 0 Å². The van der Waals surface area contributed by atoms with Crippen molar-refractivity contribution in [1.82, 2.24) is 10.2 Å². The van der Waals surface area contributed by atoms with Gasteiger partial charge in [-0.15, -0.1) is 0 Å². The molecule has 0 fully saturated rings. The van der Waals surface area contributed by atoms with Crippen LogP contribution in [0.25, 0.3) is 0 Å². The van der Waals surface area contributed by atoms with Gasteiger partial charge in [0.05, 0.1) is 6.04 Å². The van der Waals surface area contributed by atoms with E-state index in [0.717, 1.165) is 5.56 Å². The molecular weight excluding hydrogens is 212 g/mol. The molecule has 1 N–H and O–H groups in total. The van der Waals surface area contributed by atoms with E-state index in [9.17, 15) is 4.79 Å². The average Bonchev–Trinajstić information content (AvgIpc) is 2.20. The summed E-state index contributed by atoms with van der Waals surface area (Å²) in [6.07, 6.45) is 1.67. The van der Waals surface area contributed by atoms with Crippen LogP contribution < -0.4 is 5.32 Å². The summed E-state index contributed by atoms with van der Waals surface area (Å²) in [6, 6.07) is 7.69. The second-order valence-electron chi connectivity index (χ2n) is 3.48. The van der Waals surface area contributed by atoms with Crippen LogP contribution >= 0.6 is 11.6 Å². The molecule has 1 unspecified atom stereocenters. The van der Waals surface area contributed by atoms with Crippen molar-refractivity contribution in [3.63, 3.8) is 0 Å². The Kier molecular flexibility index (Phi) is 4.59. The SMILES string of the molecule is CN(C)C(CN[C]=O)c1ccccc1Cl. The van der Waals surface area contributed by atoms with Crippen molar-refractivity contribution in [3.8, 4) is 0 Å². The molecule has 0 saturated carbocycles. The molecule has 0 spiro atoms. The Morgan fingerprint density at radius 3 is 2.67 bits per heavy atom. The first-order valence-corrected chi connectivity index (χ1v) is 5.05. The van der Waals surface area contributed by atoms with E-state index in [1.54, 1.807) is 6.41 Å². The lowest BCUT2D eigenvalue weighted by atomic mass is 10.1. The van der Waals surface area contributed by atoms with Gasteiger partial charge in [0.1, 0.15) is 0 Å². The van der Waals surface area contributed by atoms with Crippen molar-refractivity contribution in [1.29, 1.82) is 0 Å². The molecule has 4 heteroatoms. The monoisotopic (exact) mass is 225 g/mol. The molecule has 0 aliphatic heterocycles. The number of hydrogen-bond acceptors (Lipinski definition) is 2. The van der Waals surface area contributed by atoms with Gasteiger partial charge in [-0.2, -0.15) is 0 Å². The van der Waals surface area contributed by atoms with Crippen molar-refractivity contribution >= 4 is 18.0 Å². The number of rotatable bonds is 5. The van der Waals surface area contributed by atoms with E-state index >= 15 is 0 Å². The molecule has 0 aliphatic carbocycles. The first kappa shape index (κ1) is 12.0. The van der Waals surface area contributed by atoms with Crippen molar-refractivity contribution < 1.29 is 4.79 Å². The van der Waals surface area contributed by atoms with Crippen molar-refractivity contribution in [2.45, 2.75) is 6.04 Å². The number of benzene rings is 1. The summed E-state index contributed by atoms with van der Waals surface area (Å²) < 4.78 is 0. The standard InChI is InChI=1S/C11H14ClN2O/c1-14(2)11(7-13-8-15)9-5-3-4-6-10(9)12/h3-6,11H,7H2,1-2H3,(H,13,15). The second-order valence-corrected chi connectivity index (χ2v) is 3.89. The molecule has 1 aromatic rings. The molecule has 1 amide bonds. The quantitative estimate of drug-likeness (QED) is 0.773. The van der Waals surface area contributed by atoms with Crippen LogP contribution in [-0.2, 0) is 4.79 Å². The smallest absolute Gasteiger partial charge is 0.309 e. The summed E-state index contributed by atoms with van der Waals surface area (Å²) in [7, 11) is 3.89. The van der Waals surface area contributed by atoms with Crippen molar-refractivity contribution in [2.75, 3.05) is 20.6 Å². The maximum Gasteiger partial charge on any atom is 0.309 e. The van der Waals surface area contributed by atoms with Crippen LogP contribution in [0.3, 0.4) is 0 Å². The fourth-order valence-corrected chi connectivity index (χ4v) is 1.72. The second kappa shape index (κ2) is 5.73. The Morgan fingerprint density at radius 2 is 2.13 bits per heavy atom. The Hall–Kier alpha value is -1.06. The molecule has 1 atom stereocenters.